The van der Waals surface area contributed by atoms with Crippen LogP contribution in [0.3, 0.4) is 0 Å². The Morgan fingerprint density at radius 3 is 2.94 bits per heavy atom. The largest absolute Gasteiger partial charge is 0.328 e. The summed E-state index contributed by atoms with van der Waals surface area (Å²) in [4.78, 5) is 4.26. The van der Waals surface area contributed by atoms with Crippen molar-refractivity contribution in [3.63, 3.8) is 0 Å². The van der Waals surface area contributed by atoms with E-state index in [4.69, 9.17) is 0 Å². The van der Waals surface area contributed by atoms with Crippen LogP contribution in [0.4, 0.5) is 4.39 Å². The minimum atomic E-state index is -0.323. The van der Waals surface area contributed by atoms with Gasteiger partial charge in [-0.1, -0.05) is 5.92 Å². The van der Waals surface area contributed by atoms with E-state index in [-0.39, 0.29) is 5.82 Å². The third kappa shape index (κ3) is 2.29. The molecule has 0 unspecified atom stereocenters. The van der Waals surface area contributed by atoms with Crippen LogP contribution in [0.25, 0.3) is 11.0 Å². The number of aromatic nitrogens is 2. The number of benzene rings is 1. The first kappa shape index (κ1) is 12.7. The number of aryl methyl sites for hydroxylation is 2. The molecule has 1 aromatic carbocycles. The van der Waals surface area contributed by atoms with Crippen LogP contribution >= 0.6 is 30.1 Å². The van der Waals surface area contributed by atoms with E-state index in [0.717, 1.165) is 17.9 Å². The van der Waals surface area contributed by atoms with Gasteiger partial charge in [-0.25, -0.2) is 9.37 Å². The molecule has 0 saturated heterocycles. The van der Waals surface area contributed by atoms with Crippen molar-refractivity contribution < 1.29 is 4.39 Å². The van der Waals surface area contributed by atoms with Crippen LogP contribution in [0.15, 0.2) is 12.1 Å². The summed E-state index contributed by atoms with van der Waals surface area (Å²) in [6, 6.07) is 3.59. The second-order valence-corrected chi connectivity index (χ2v) is 5.18. The van der Waals surface area contributed by atoms with Gasteiger partial charge in [0.1, 0.15) is 11.3 Å². The van der Waals surface area contributed by atoms with E-state index in [1.54, 1.807) is 6.07 Å². The lowest BCUT2D eigenvalue weighted by Gasteiger charge is -2.01. The van der Waals surface area contributed by atoms with Crippen LogP contribution in [0.2, 0.25) is 0 Å². The molecule has 0 aliphatic carbocycles. The number of fused-ring (bicyclic) bond motifs is 1. The normalized spacial score (nSPS) is 10.4. The summed E-state index contributed by atoms with van der Waals surface area (Å²) < 4.78 is 16.1. The lowest BCUT2D eigenvalue weighted by molar-refractivity contribution is 0.633. The number of hydrogen-bond donors (Lipinski definition) is 0. The van der Waals surface area contributed by atoms with E-state index >= 15 is 0 Å². The number of rotatable bonds is 1. The third-order valence-electron chi connectivity index (χ3n) is 2.59. The molecule has 5 heteroatoms. The smallest absolute Gasteiger partial charge is 0.166 e. The van der Waals surface area contributed by atoms with E-state index in [0.29, 0.717) is 11.1 Å². The Bertz CT molecular complexity index is 625. The van der Waals surface area contributed by atoms with E-state index in [1.807, 2.05) is 24.5 Å². The van der Waals surface area contributed by atoms with E-state index in [9.17, 15) is 4.39 Å². The van der Waals surface area contributed by atoms with Gasteiger partial charge in [0, 0.05) is 27.8 Å². The highest BCUT2D eigenvalue weighted by atomic mass is 127. The maximum atomic E-state index is 14.1. The van der Waals surface area contributed by atoms with Crippen LogP contribution in [0.1, 0.15) is 18.3 Å². The second kappa shape index (κ2) is 5.27. The zero-order valence-electron chi connectivity index (χ0n) is 9.42. The van der Waals surface area contributed by atoms with Gasteiger partial charge in [0.05, 0.1) is 11.1 Å². The van der Waals surface area contributed by atoms with E-state index in [1.165, 1.54) is 8.93 Å². The van der Waals surface area contributed by atoms with Crippen molar-refractivity contribution in [3.8, 4) is 11.2 Å². The minimum absolute atomic E-state index is 0.323. The fourth-order valence-electron chi connectivity index (χ4n) is 1.84. The monoisotopic (exact) mass is 360 g/mol. The number of halogens is 2. The van der Waals surface area contributed by atoms with Crippen LogP contribution in [0.5, 0.6) is 0 Å². The summed E-state index contributed by atoms with van der Waals surface area (Å²) in [5.41, 5.74) is 1.65. The van der Waals surface area contributed by atoms with Crippen molar-refractivity contribution in [2.24, 2.45) is 0 Å². The summed E-state index contributed by atoms with van der Waals surface area (Å²) in [6.07, 6.45) is 0. The van der Waals surface area contributed by atoms with Gasteiger partial charge in [-0.15, -0.1) is 0 Å². The summed E-state index contributed by atoms with van der Waals surface area (Å²) in [5.74, 6) is 3.29. The molecule has 0 fully saturated rings. The summed E-state index contributed by atoms with van der Waals surface area (Å²) in [7, 11) is 1.34. The maximum Gasteiger partial charge on any atom is 0.166 e. The molecule has 0 atom stereocenters. The van der Waals surface area contributed by atoms with E-state index < -0.39 is 0 Å². The molecule has 88 valence electrons. The second-order valence-electron chi connectivity index (χ2n) is 3.50. The van der Waals surface area contributed by atoms with Crippen molar-refractivity contribution >= 4 is 41.2 Å². The fraction of sp³-hybridized carbons (Fsp3) is 0.250. The molecule has 0 spiro atoms. The van der Waals surface area contributed by atoms with Gasteiger partial charge in [-0.2, -0.15) is 0 Å². The lowest BCUT2D eigenvalue weighted by Crippen LogP contribution is -1.96. The van der Waals surface area contributed by atoms with Crippen LogP contribution in [0, 0.1) is 23.9 Å². The molecule has 1 heterocycles. The standard InChI is InChI=1S/C12H10FIN2S/c1-3-16-8(2)15-12-10(16)5-4-9(11(12)13)6-7-17-14/h4-5H,3H2,1-2H3. The molecule has 2 rings (SSSR count). The predicted octanol–water partition coefficient (Wildman–Crippen LogP) is 3.90. The van der Waals surface area contributed by atoms with Gasteiger partial charge < -0.3 is 4.57 Å². The first-order valence-corrected chi connectivity index (χ1v) is 8.49. The quantitative estimate of drug-likeness (QED) is 0.567. The van der Waals surface area contributed by atoms with Gasteiger partial charge >= 0.3 is 0 Å². The lowest BCUT2D eigenvalue weighted by atomic mass is 10.2. The van der Waals surface area contributed by atoms with Crippen molar-refractivity contribution in [2.75, 3.05) is 0 Å². The van der Waals surface area contributed by atoms with Gasteiger partial charge in [0.15, 0.2) is 5.82 Å². The molecular weight excluding hydrogens is 350 g/mol. The Morgan fingerprint density at radius 1 is 1.53 bits per heavy atom. The Kier molecular flexibility index (Phi) is 3.94. The molecule has 0 radical (unpaired) electrons. The Labute approximate surface area is 116 Å². The molecule has 0 bridgehead atoms. The van der Waals surface area contributed by atoms with E-state index in [2.05, 4.69) is 37.4 Å². The van der Waals surface area contributed by atoms with Gasteiger partial charge in [0.2, 0.25) is 0 Å². The molecule has 0 aliphatic rings. The van der Waals surface area contributed by atoms with Crippen LogP contribution in [-0.4, -0.2) is 9.55 Å². The van der Waals surface area contributed by atoms with Gasteiger partial charge in [-0.3, -0.25) is 0 Å². The molecule has 1 aromatic heterocycles. The Hall–Kier alpha value is -0.740. The Morgan fingerprint density at radius 2 is 2.29 bits per heavy atom. The zero-order chi connectivity index (χ0) is 12.4. The average molecular weight is 360 g/mol. The van der Waals surface area contributed by atoms with Crippen molar-refractivity contribution in [1.29, 1.82) is 0 Å². The summed E-state index contributed by atoms with van der Waals surface area (Å²) >= 11 is 2.06. The third-order valence-corrected chi connectivity index (χ3v) is 3.43. The summed E-state index contributed by atoms with van der Waals surface area (Å²) in [5, 5.41) is 2.78. The van der Waals surface area contributed by atoms with Crippen molar-refractivity contribution in [3.05, 3.63) is 29.3 Å². The van der Waals surface area contributed by atoms with Gasteiger partial charge in [-0.05, 0) is 40.2 Å². The molecular formula is C12H10FIN2S. The maximum absolute atomic E-state index is 14.1. The first-order chi connectivity index (χ1) is 8.19. The number of imidazole rings is 1. The number of nitrogens with zero attached hydrogens (tertiary/aromatic N) is 2. The van der Waals surface area contributed by atoms with Gasteiger partial charge in [0.25, 0.3) is 0 Å². The minimum Gasteiger partial charge on any atom is -0.328 e. The molecule has 0 aliphatic heterocycles. The van der Waals surface area contributed by atoms with Crippen LogP contribution in [-0.2, 0) is 6.54 Å². The number of hydrogen-bond acceptors (Lipinski definition) is 2. The SMILES string of the molecule is CCn1c(C)nc2c(F)c(C#CSI)ccc21. The average Bonchev–Trinajstić information content (AvgIpc) is 2.65. The summed E-state index contributed by atoms with van der Waals surface area (Å²) in [6.45, 7) is 4.69. The molecule has 0 saturated carbocycles. The topological polar surface area (TPSA) is 17.8 Å². The van der Waals surface area contributed by atoms with Crippen LogP contribution < -0.4 is 0 Å². The molecule has 17 heavy (non-hydrogen) atoms. The first-order valence-electron chi connectivity index (χ1n) is 5.13. The van der Waals surface area contributed by atoms with Crippen molar-refractivity contribution in [1.82, 2.24) is 9.55 Å². The highest BCUT2D eigenvalue weighted by Gasteiger charge is 2.12. The highest BCUT2D eigenvalue weighted by Crippen LogP contribution is 2.22. The zero-order valence-corrected chi connectivity index (χ0v) is 12.4. The molecule has 0 N–H and O–H groups in total. The Balaban J connectivity index is 2.68. The highest BCUT2D eigenvalue weighted by molar-refractivity contribution is 14.2. The molecule has 2 aromatic rings. The van der Waals surface area contributed by atoms with Crippen molar-refractivity contribution in [2.45, 2.75) is 20.4 Å². The molecule has 0 amide bonds. The predicted molar refractivity (Wildman–Crippen MR) is 78.6 cm³/mol. The fourth-order valence-corrected chi connectivity index (χ4v) is 2.32. The molecule has 2 nitrogen and oxygen atoms in total.